The number of ether oxygens (including phenoxy) is 1. The van der Waals surface area contributed by atoms with Crippen LogP contribution in [0.1, 0.15) is 45.6 Å². The third-order valence-electron chi connectivity index (χ3n) is 3.50. The monoisotopic (exact) mass is 315 g/mol. The van der Waals surface area contributed by atoms with Gasteiger partial charge in [-0.1, -0.05) is 37.9 Å². The van der Waals surface area contributed by atoms with Crippen LogP contribution in [0.4, 0.5) is 4.39 Å². The molecule has 0 radical (unpaired) electrons. The number of benzene rings is 1. The van der Waals surface area contributed by atoms with Crippen LogP contribution in [0.2, 0.25) is 5.02 Å². The zero-order chi connectivity index (χ0) is 15.7. The molecular weight excluding hydrogens is 289 g/mol. The fourth-order valence-corrected chi connectivity index (χ4v) is 2.60. The minimum absolute atomic E-state index is 0.158. The van der Waals surface area contributed by atoms with E-state index in [2.05, 4.69) is 19.2 Å². The van der Waals surface area contributed by atoms with Crippen LogP contribution in [0.25, 0.3) is 0 Å². The summed E-state index contributed by atoms with van der Waals surface area (Å²) in [4.78, 5) is 0. The molecule has 0 aliphatic heterocycles. The molecule has 0 heterocycles. The highest BCUT2D eigenvalue weighted by molar-refractivity contribution is 6.30. The summed E-state index contributed by atoms with van der Waals surface area (Å²) in [6.45, 7) is 7.95. The van der Waals surface area contributed by atoms with Crippen molar-refractivity contribution in [3.8, 4) is 0 Å². The van der Waals surface area contributed by atoms with E-state index in [-0.39, 0.29) is 23.0 Å². The SMILES string of the molecule is CCCNC(Cc1ccc(Cl)c(F)c1)C(CCC)OCC. The Labute approximate surface area is 133 Å². The third kappa shape index (κ3) is 6.33. The Morgan fingerprint density at radius 3 is 2.57 bits per heavy atom. The van der Waals surface area contributed by atoms with E-state index in [1.54, 1.807) is 6.07 Å². The largest absolute Gasteiger partial charge is 0.377 e. The smallest absolute Gasteiger partial charge is 0.142 e. The average Bonchev–Trinajstić information content (AvgIpc) is 2.47. The van der Waals surface area contributed by atoms with Crippen LogP contribution < -0.4 is 5.32 Å². The molecular formula is C17H27ClFNO. The van der Waals surface area contributed by atoms with E-state index in [1.807, 2.05) is 13.0 Å². The van der Waals surface area contributed by atoms with Crippen molar-refractivity contribution in [2.75, 3.05) is 13.2 Å². The number of halogens is 2. The Kier molecular flexibility index (Phi) is 8.90. The maximum absolute atomic E-state index is 13.6. The van der Waals surface area contributed by atoms with Crippen molar-refractivity contribution in [2.45, 2.75) is 58.6 Å². The summed E-state index contributed by atoms with van der Waals surface area (Å²) in [6, 6.07) is 5.24. The Hall–Kier alpha value is -0.640. The Bertz CT molecular complexity index is 408. The van der Waals surface area contributed by atoms with Gasteiger partial charge in [-0.25, -0.2) is 4.39 Å². The zero-order valence-electron chi connectivity index (χ0n) is 13.3. The molecule has 0 amide bonds. The number of hydrogen-bond acceptors (Lipinski definition) is 2. The first-order valence-corrected chi connectivity index (χ1v) is 8.29. The molecule has 1 rings (SSSR count). The molecule has 1 N–H and O–H groups in total. The molecule has 0 fully saturated rings. The van der Waals surface area contributed by atoms with Crippen LogP contribution >= 0.6 is 11.6 Å². The third-order valence-corrected chi connectivity index (χ3v) is 3.81. The molecule has 0 aliphatic carbocycles. The zero-order valence-corrected chi connectivity index (χ0v) is 14.0. The predicted octanol–water partition coefficient (Wildman–Crippen LogP) is 4.60. The van der Waals surface area contributed by atoms with Gasteiger partial charge in [-0.2, -0.15) is 0 Å². The molecule has 0 saturated carbocycles. The summed E-state index contributed by atoms with van der Waals surface area (Å²) in [5.41, 5.74) is 0.950. The topological polar surface area (TPSA) is 21.3 Å². The summed E-state index contributed by atoms with van der Waals surface area (Å²) in [5.74, 6) is -0.355. The Balaban J connectivity index is 2.81. The molecule has 0 aliphatic rings. The van der Waals surface area contributed by atoms with Crippen LogP contribution in [0.15, 0.2) is 18.2 Å². The molecule has 0 spiro atoms. The molecule has 21 heavy (non-hydrogen) atoms. The maximum atomic E-state index is 13.6. The lowest BCUT2D eigenvalue weighted by Gasteiger charge is -2.28. The normalized spacial score (nSPS) is 14.1. The van der Waals surface area contributed by atoms with Crippen molar-refractivity contribution in [3.05, 3.63) is 34.6 Å². The molecule has 0 bridgehead atoms. The highest BCUT2D eigenvalue weighted by Crippen LogP contribution is 2.19. The van der Waals surface area contributed by atoms with Crippen molar-refractivity contribution >= 4 is 11.6 Å². The molecule has 1 aromatic rings. The second kappa shape index (κ2) is 10.1. The fourth-order valence-electron chi connectivity index (χ4n) is 2.48. The lowest BCUT2D eigenvalue weighted by molar-refractivity contribution is 0.0282. The lowest BCUT2D eigenvalue weighted by atomic mass is 9.98. The van der Waals surface area contributed by atoms with Crippen molar-refractivity contribution in [2.24, 2.45) is 0 Å². The highest BCUT2D eigenvalue weighted by Gasteiger charge is 2.21. The molecule has 0 saturated heterocycles. The van der Waals surface area contributed by atoms with E-state index in [0.717, 1.165) is 37.8 Å². The van der Waals surface area contributed by atoms with Crippen molar-refractivity contribution in [1.82, 2.24) is 5.32 Å². The van der Waals surface area contributed by atoms with Gasteiger partial charge >= 0.3 is 0 Å². The number of nitrogens with one attached hydrogen (secondary N) is 1. The van der Waals surface area contributed by atoms with Gasteiger partial charge < -0.3 is 10.1 Å². The maximum Gasteiger partial charge on any atom is 0.142 e. The number of rotatable bonds is 10. The van der Waals surface area contributed by atoms with Gasteiger partial charge in [0, 0.05) is 12.6 Å². The lowest BCUT2D eigenvalue weighted by Crippen LogP contribution is -2.43. The van der Waals surface area contributed by atoms with Crippen molar-refractivity contribution in [1.29, 1.82) is 0 Å². The van der Waals surface area contributed by atoms with Crippen LogP contribution in [0, 0.1) is 5.82 Å². The summed E-state index contributed by atoms with van der Waals surface area (Å²) < 4.78 is 19.5. The standard InChI is InChI=1S/C17H27ClFNO/c1-4-7-17(21-6-3)16(20-10-5-2)12-13-8-9-14(18)15(19)11-13/h8-9,11,16-17,20H,4-7,10,12H2,1-3H3. The Morgan fingerprint density at radius 1 is 1.24 bits per heavy atom. The second-order valence-corrected chi connectivity index (χ2v) is 5.70. The second-order valence-electron chi connectivity index (χ2n) is 5.30. The van der Waals surface area contributed by atoms with Crippen LogP contribution in [0.5, 0.6) is 0 Å². The van der Waals surface area contributed by atoms with Gasteiger partial charge in [0.2, 0.25) is 0 Å². The molecule has 1 aromatic carbocycles. The van der Waals surface area contributed by atoms with E-state index in [9.17, 15) is 4.39 Å². The molecule has 120 valence electrons. The van der Waals surface area contributed by atoms with Crippen LogP contribution in [0.3, 0.4) is 0 Å². The quantitative estimate of drug-likeness (QED) is 0.681. The van der Waals surface area contributed by atoms with Gasteiger partial charge in [0.25, 0.3) is 0 Å². The number of hydrogen-bond donors (Lipinski definition) is 1. The minimum atomic E-state index is -0.355. The fraction of sp³-hybridized carbons (Fsp3) is 0.647. The molecule has 2 nitrogen and oxygen atoms in total. The molecule has 2 atom stereocenters. The van der Waals surface area contributed by atoms with E-state index >= 15 is 0 Å². The van der Waals surface area contributed by atoms with Gasteiger partial charge in [-0.05, 0) is 50.4 Å². The molecule has 4 heteroatoms. The minimum Gasteiger partial charge on any atom is -0.377 e. The van der Waals surface area contributed by atoms with Gasteiger partial charge in [0.05, 0.1) is 11.1 Å². The molecule has 0 aromatic heterocycles. The average molecular weight is 316 g/mol. The van der Waals surface area contributed by atoms with E-state index < -0.39 is 0 Å². The molecule has 2 unspecified atom stereocenters. The first-order valence-electron chi connectivity index (χ1n) is 7.91. The Morgan fingerprint density at radius 2 is 2.00 bits per heavy atom. The summed E-state index contributed by atoms with van der Waals surface area (Å²) >= 11 is 5.75. The summed E-state index contributed by atoms with van der Waals surface area (Å²) in [6.07, 6.45) is 4.05. The summed E-state index contributed by atoms with van der Waals surface area (Å²) in [5, 5.41) is 3.71. The van der Waals surface area contributed by atoms with Crippen LogP contribution in [-0.2, 0) is 11.2 Å². The first-order chi connectivity index (χ1) is 10.1. The van der Waals surface area contributed by atoms with E-state index in [1.165, 1.54) is 6.07 Å². The first kappa shape index (κ1) is 18.4. The van der Waals surface area contributed by atoms with Crippen molar-refractivity contribution in [3.63, 3.8) is 0 Å². The van der Waals surface area contributed by atoms with Gasteiger partial charge in [-0.3, -0.25) is 0 Å². The van der Waals surface area contributed by atoms with Crippen molar-refractivity contribution < 1.29 is 9.13 Å². The van der Waals surface area contributed by atoms with E-state index in [4.69, 9.17) is 16.3 Å². The van der Waals surface area contributed by atoms with Gasteiger partial charge in [-0.15, -0.1) is 0 Å². The highest BCUT2D eigenvalue weighted by atomic mass is 35.5. The van der Waals surface area contributed by atoms with E-state index in [0.29, 0.717) is 6.61 Å². The van der Waals surface area contributed by atoms with Gasteiger partial charge in [0.1, 0.15) is 5.82 Å². The van der Waals surface area contributed by atoms with Gasteiger partial charge in [0.15, 0.2) is 0 Å². The summed E-state index contributed by atoms with van der Waals surface area (Å²) in [7, 11) is 0. The predicted molar refractivity (Wildman–Crippen MR) is 87.5 cm³/mol. The van der Waals surface area contributed by atoms with Crippen LogP contribution in [-0.4, -0.2) is 25.3 Å².